The fourth-order valence-corrected chi connectivity index (χ4v) is 4.31. The Morgan fingerprint density at radius 1 is 1.48 bits per heavy atom. The summed E-state index contributed by atoms with van der Waals surface area (Å²) in [7, 11) is 1.85. The molecule has 0 unspecified atom stereocenters. The lowest BCUT2D eigenvalue weighted by atomic mass is 9.63. The maximum Gasteiger partial charge on any atom is 0.312 e. The van der Waals surface area contributed by atoms with Crippen LogP contribution in [0.2, 0.25) is 0 Å². The number of nitrogens with one attached hydrogen (secondary N) is 1. The Morgan fingerprint density at radius 2 is 2.17 bits per heavy atom. The molecule has 1 N–H and O–H groups in total. The van der Waals surface area contributed by atoms with Crippen LogP contribution in [0.15, 0.2) is 12.7 Å². The highest BCUT2D eigenvalue weighted by atomic mass is 19.3. The highest BCUT2D eigenvalue weighted by Gasteiger charge is 2.59. The molecule has 3 aliphatic rings. The fourth-order valence-electron chi connectivity index (χ4n) is 4.31. The van der Waals surface area contributed by atoms with E-state index in [2.05, 4.69) is 11.9 Å². The van der Waals surface area contributed by atoms with Gasteiger partial charge in [0.25, 0.3) is 5.92 Å². The summed E-state index contributed by atoms with van der Waals surface area (Å²) in [5.74, 6) is -2.67. The predicted molar refractivity (Wildman–Crippen MR) is 81.8 cm³/mol. The summed E-state index contributed by atoms with van der Waals surface area (Å²) in [6, 6.07) is -0.953. The molecule has 23 heavy (non-hydrogen) atoms. The van der Waals surface area contributed by atoms with Crippen LogP contribution in [0.25, 0.3) is 0 Å². The summed E-state index contributed by atoms with van der Waals surface area (Å²) < 4.78 is 33.3. The number of alkyl halides is 2. The number of ether oxygens (including phenoxy) is 1. The Balaban J connectivity index is 1.57. The summed E-state index contributed by atoms with van der Waals surface area (Å²) in [5, 5.41) is 6.60. The van der Waals surface area contributed by atoms with E-state index in [1.807, 2.05) is 19.0 Å². The van der Waals surface area contributed by atoms with Gasteiger partial charge in [0.15, 0.2) is 0 Å². The maximum atomic E-state index is 14.1. The van der Waals surface area contributed by atoms with Gasteiger partial charge in [-0.2, -0.15) is 0 Å². The van der Waals surface area contributed by atoms with Crippen molar-refractivity contribution in [3.63, 3.8) is 0 Å². The Morgan fingerprint density at radius 3 is 2.83 bits per heavy atom. The number of likely N-dealkylation sites (N-methyl/N-ethyl adjacent to an activating group) is 1. The monoisotopic (exact) mass is 329 g/mol. The van der Waals surface area contributed by atoms with Crippen molar-refractivity contribution in [1.29, 1.82) is 0 Å². The third-order valence-electron chi connectivity index (χ3n) is 5.38. The second-order valence-corrected chi connectivity index (χ2v) is 7.38. The molecule has 0 aromatic carbocycles. The lowest BCUT2D eigenvalue weighted by Gasteiger charge is -2.46. The third kappa shape index (κ3) is 2.90. The fraction of sp³-hybridized carbons (Fsp3) is 0.812. The number of rotatable bonds is 5. The second-order valence-electron chi connectivity index (χ2n) is 7.38. The van der Waals surface area contributed by atoms with Crippen molar-refractivity contribution in [2.24, 2.45) is 11.3 Å². The van der Waals surface area contributed by atoms with Crippen LogP contribution < -0.4 is 5.32 Å². The minimum Gasteiger partial charge on any atom is -0.461 e. The molecule has 3 fully saturated rings. The van der Waals surface area contributed by atoms with Gasteiger partial charge in [-0.3, -0.25) is 4.79 Å². The van der Waals surface area contributed by atoms with Crippen molar-refractivity contribution in [3.05, 3.63) is 12.7 Å². The van der Waals surface area contributed by atoms with Gasteiger partial charge < -0.3 is 10.1 Å². The molecule has 1 aliphatic carbocycles. The van der Waals surface area contributed by atoms with Gasteiger partial charge in [0, 0.05) is 26.2 Å². The summed E-state index contributed by atoms with van der Waals surface area (Å²) in [5.41, 5.74) is -0.484. The highest BCUT2D eigenvalue weighted by molar-refractivity contribution is 5.77. The van der Waals surface area contributed by atoms with Gasteiger partial charge in [0.1, 0.15) is 12.6 Å². The number of hydrogen-bond acceptors (Lipinski definition) is 5. The van der Waals surface area contributed by atoms with Crippen molar-refractivity contribution >= 4 is 5.97 Å². The quantitative estimate of drug-likeness (QED) is 0.608. The van der Waals surface area contributed by atoms with Crippen LogP contribution in [0.4, 0.5) is 8.78 Å². The molecular weight excluding hydrogens is 304 g/mol. The molecule has 2 saturated heterocycles. The average Bonchev–Trinajstić information content (AvgIpc) is 2.92. The molecular formula is C16H25F2N3O2. The smallest absolute Gasteiger partial charge is 0.312 e. The number of carbonyl (C=O) groups is 1. The number of carbonyl (C=O) groups excluding carboxylic acids is 1. The van der Waals surface area contributed by atoms with Crippen LogP contribution in [0, 0.1) is 11.3 Å². The first kappa shape index (κ1) is 16.8. The molecule has 5 nitrogen and oxygen atoms in total. The second kappa shape index (κ2) is 5.79. The number of hydrazine groups is 1. The van der Waals surface area contributed by atoms with E-state index in [-0.39, 0.29) is 31.1 Å². The lowest BCUT2D eigenvalue weighted by molar-refractivity contribution is -0.166. The average molecular weight is 329 g/mol. The molecule has 7 heteroatoms. The van der Waals surface area contributed by atoms with E-state index in [0.29, 0.717) is 25.9 Å². The molecule has 1 saturated carbocycles. The minimum absolute atomic E-state index is 0.181. The zero-order valence-electron chi connectivity index (χ0n) is 13.7. The molecule has 3 rings (SSSR count). The Kier molecular flexibility index (Phi) is 4.23. The predicted octanol–water partition coefficient (Wildman–Crippen LogP) is 1.27. The van der Waals surface area contributed by atoms with E-state index in [0.717, 1.165) is 0 Å². The van der Waals surface area contributed by atoms with Crippen LogP contribution in [-0.4, -0.2) is 67.3 Å². The molecule has 130 valence electrons. The number of fused-ring (bicyclic) bond motifs is 1. The van der Waals surface area contributed by atoms with Gasteiger partial charge in [0.05, 0.1) is 12.0 Å². The Labute approximate surface area is 135 Å². The van der Waals surface area contributed by atoms with E-state index in [1.54, 1.807) is 11.1 Å². The molecule has 0 bridgehead atoms. The molecule has 0 aromatic rings. The summed E-state index contributed by atoms with van der Waals surface area (Å²) in [6.45, 7) is 6.56. The van der Waals surface area contributed by atoms with Gasteiger partial charge in [0.2, 0.25) is 0 Å². The van der Waals surface area contributed by atoms with Crippen molar-refractivity contribution < 1.29 is 18.3 Å². The summed E-state index contributed by atoms with van der Waals surface area (Å²) in [4.78, 5) is 12.0. The van der Waals surface area contributed by atoms with Crippen molar-refractivity contribution in [2.75, 3.05) is 33.3 Å². The largest absolute Gasteiger partial charge is 0.461 e. The SMILES string of the molecule is C=CCOC(=O)C1(C)CC(CN2[C@@H]3[C@H](CN2C)NCC3(F)F)C1. The molecule has 0 spiro atoms. The first-order valence-electron chi connectivity index (χ1n) is 8.14. The standard InChI is InChI=1S/C16H25F2N3O2/c1-4-5-23-14(22)15(2)6-11(7-15)8-21-13-12(9-20(21)3)19-10-16(13,17)18/h4,11-13,19H,1,5-10H2,2-3H3/t11?,12-,13+,15?/m0/s1. The normalized spacial score (nSPS) is 39.7. The van der Waals surface area contributed by atoms with Gasteiger partial charge >= 0.3 is 5.97 Å². The molecule has 0 radical (unpaired) electrons. The third-order valence-corrected chi connectivity index (χ3v) is 5.38. The van der Waals surface area contributed by atoms with Gasteiger partial charge in [-0.15, -0.1) is 0 Å². The van der Waals surface area contributed by atoms with Crippen LogP contribution >= 0.6 is 0 Å². The van der Waals surface area contributed by atoms with E-state index in [1.165, 1.54) is 0 Å². The summed E-state index contributed by atoms with van der Waals surface area (Å²) in [6.07, 6.45) is 2.92. The molecule has 0 aromatic heterocycles. The highest BCUT2D eigenvalue weighted by Crippen LogP contribution is 2.48. The van der Waals surface area contributed by atoms with Crippen LogP contribution in [0.3, 0.4) is 0 Å². The van der Waals surface area contributed by atoms with Gasteiger partial charge in [-0.1, -0.05) is 12.7 Å². The van der Waals surface area contributed by atoms with E-state index in [9.17, 15) is 13.6 Å². The lowest BCUT2D eigenvalue weighted by Crippen LogP contribution is -2.54. The minimum atomic E-state index is -2.70. The first-order valence-corrected chi connectivity index (χ1v) is 8.14. The number of halogens is 2. The Bertz CT molecular complexity index is 494. The number of esters is 1. The maximum absolute atomic E-state index is 14.1. The molecule has 2 atom stereocenters. The number of hydrogen-bond donors (Lipinski definition) is 1. The Hall–Kier alpha value is -1.05. The number of nitrogens with zero attached hydrogens (tertiary/aromatic N) is 2. The molecule has 0 amide bonds. The van der Waals surface area contributed by atoms with Gasteiger partial charge in [-0.25, -0.2) is 18.8 Å². The topological polar surface area (TPSA) is 44.8 Å². The first-order chi connectivity index (χ1) is 10.8. The van der Waals surface area contributed by atoms with E-state index in [4.69, 9.17) is 4.74 Å². The van der Waals surface area contributed by atoms with E-state index >= 15 is 0 Å². The molecule has 2 aliphatic heterocycles. The molecule has 2 heterocycles. The van der Waals surface area contributed by atoms with Crippen molar-refractivity contribution in [1.82, 2.24) is 15.3 Å². The van der Waals surface area contributed by atoms with Crippen LogP contribution in [-0.2, 0) is 9.53 Å². The van der Waals surface area contributed by atoms with Crippen molar-refractivity contribution in [2.45, 2.75) is 37.8 Å². The van der Waals surface area contributed by atoms with Crippen LogP contribution in [0.5, 0.6) is 0 Å². The zero-order chi connectivity index (χ0) is 16.8. The van der Waals surface area contributed by atoms with Crippen LogP contribution in [0.1, 0.15) is 19.8 Å². The van der Waals surface area contributed by atoms with Gasteiger partial charge in [-0.05, 0) is 25.7 Å². The van der Waals surface area contributed by atoms with Crippen molar-refractivity contribution in [3.8, 4) is 0 Å². The van der Waals surface area contributed by atoms with E-state index < -0.39 is 17.4 Å². The summed E-state index contributed by atoms with van der Waals surface area (Å²) >= 11 is 0. The zero-order valence-corrected chi connectivity index (χ0v) is 13.7.